The average Bonchev–Trinajstić information content (AvgIpc) is 2.38. The van der Waals surface area contributed by atoms with Gasteiger partial charge in [-0.25, -0.2) is 0 Å². The molecule has 0 saturated carbocycles. The lowest BCUT2D eigenvalue weighted by molar-refractivity contribution is -0.130. The molecule has 0 amide bonds. The van der Waals surface area contributed by atoms with Gasteiger partial charge in [-0.15, -0.1) is 0 Å². The number of fused-ring (bicyclic) bond motifs is 2. The van der Waals surface area contributed by atoms with Gasteiger partial charge in [0.2, 0.25) is 0 Å². The van der Waals surface area contributed by atoms with Crippen molar-refractivity contribution in [1.29, 1.82) is 0 Å². The van der Waals surface area contributed by atoms with E-state index in [9.17, 15) is 4.79 Å². The summed E-state index contributed by atoms with van der Waals surface area (Å²) in [6.07, 6.45) is 7.80. The Kier molecular flexibility index (Phi) is 3.71. The third kappa shape index (κ3) is 2.35. The first-order chi connectivity index (χ1) is 8.75. The van der Waals surface area contributed by atoms with E-state index in [1.807, 2.05) is 0 Å². The Morgan fingerprint density at radius 3 is 2.33 bits per heavy atom. The molecule has 3 heterocycles. The maximum atomic E-state index is 11.8. The first-order valence-corrected chi connectivity index (χ1v) is 7.62. The van der Waals surface area contributed by atoms with E-state index in [-0.39, 0.29) is 0 Å². The number of carbonyl (C=O) groups is 1. The molecule has 3 saturated heterocycles. The summed E-state index contributed by atoms with van der Waals surface area (Å²) in [4.78, 5) is 14.5. The van der Waals surface area contributed by atoms with Gasteiger partial charge in [-0.05, 0) is 38.5 Å². The van der Waals surface area contributed by atoms with E-state index in [4.69, 9.17) is 4.74 Å². The van der Waals surface area contributed by atoms with Gasteiger partial charge in [0.1, 0.15) is 5.78 Å². The molecule has 0 aromatic carbocycles. The highest BCUT2D eigenvalue weighted by Gasteiger charge is 2.41. The second-order valence-corrected chi connectivity index (χ2v) is 6.32. The molecule has 3 unspecified atom stereocenters. The van der Waals surface area contributed by atoms with Crippen LogP contribution in [0.15, 0.2) is 0 Å². The number of hydrogen-bond donors (Lipinski definition) is 0. The number of Topliss-reactive ketones (excluding diaryl/α,β-unsaturated/α-hetero) is 1. The Balaban J connectivity index is 1.71. The van der Waals surface area contributed by atoms with E-state index in [1.54, 1.807) is 0 Å². The van der Waals surface area contributed by atoms with Crippen LogP contribution in [0.25, 0.3) is 0 Å². The summed E-state index contributed by atoms with van der Waals surface area (Å²) >= 11 is 0. The van der Waals surface area contributed by atoms with Gasteiger partial charge >= 0.3 is 0 Å². The second-order valence-electron chi connectivity index (χ2n) is 6.32. The maximum Gasteiger partial charge on any atom is 0.136 e. The summed E-state index contributed by atoms with van der Waals surface area (Å²) in [6.45, 7) is 4.24. The van der Waals surface area contributed by atoms with E-state index in [0.29, 0.717) is 23.9 Å². The quantitative estimate of drug-likeness (QED) is 0.754. The van der Waals surface area contributed by atoms with Gasteiger partial charge in [0.05, 0.1) is 0 Å². The molecule has 3 atom stereocenters. The Labute approximate surface area is 110 Å². The molecular formula is C15H25NO2. The minimum absolute atomic E-state index is 0.500. The third-order valence-electron chi connectivity index (χ3n) is 5.26. The predicted octanol–water partition coefficient (Wildman–Crippen LogP) is 2.39. The molecule has 0 radical (unpaired) electrons. The Bertz CT molecular complexity index is 296. The number of nitrogens with zero attached hydrogens (tertiary/aromatic N) is 1. The number of ketones is 1. The zero-order valence-corrected chi connectivity index (χ0v) is 11.4. The lowest BCUT2D eigenvalue weighted by Crippen LogP contribution is -2.58. The van der Waals surface area contributed by atoms with Gasteiger partial charge in [0, 0.05) is 44.2 Å². The summed E-state index contributed by atoms with van der Waals surface area (Å²) < 4.78 is 5.48. The van der Waals surface area contributed by atoms with Gasteiger partial charge in [-0.3, -0.25) is 9.69 Å². The van der Waals surface area contributed by atoms with Crippen molar-refractivity contribution in [2.75, 3.05) is 13.2 Å². The van der Waals surface area contributed by atoms with Crippen LogP contribution in [-0.4, -0.2) is 42.0 Å². The zero-order chi connectivity index (χ0) is 12.5. The summed E-state index contributed by atoms with van der Waals surface area (Å²) in [5.41, 5.74) is 0. The van der Waals surface area contributed by atoms with Crippen molar-refractivity contribution in [3.05, 3.63) is 0 Å². The second kappa shape index (κ2) is 5.30. The molecule has 102 valence electrons. The molecule has 0 aromatic heterocycles. The molecule has 3 aliphatic heterocycles. The van der Waals surface area contributed by atoms with Gasteiger partial charge in [0.15, 0.2) is 0 Å². The largest absolute Gasteiger partial charge is 0.381 e. The van der Waals surface area contributed by atoms with Gasteiger partial charge < -0.3 is 4.74 Å². The van der Waals surface area contributed by atoms with Gasteiger partial charge in [0.25, 0.3) is 0 Å². The van der Waals surface area contributed by atoms with Gasteiger partial charge in [-0.1, -0.05) is 6.42 Å². The third-order valence-corrected chi connectivity index (χ3v) is 5.26. The van der Waals surface area contributed by atoms with Crippen LogP contribution in [0.4, 0.5) is 0 Å². The summed E-state index contributed by atoms with van der Waals surface area (Å²) in [6, 6.07) is 1.72. The predicted molar refractivity (Wildman–Crippen MR) is 70.5 cm³/mol. The average molecular weight is 251 g/mol. The standard InChI is InChI=1S/C15H25NO2/c1-11(12-5-7-18-8-6-12)16-13-3-2-4-14(16)10-15(17)9-13/h11-14H,2-10H2,1H3. The fraction of sp³-hybridized carbons (Fsp3) is 0.933. The number of piperidine rings is 2. The Morgan fingerprint density at radius 2 is 1.72 bits per heavy atom. The highest BCUT2D eigenvalue weighted by molar-refractivity contribution is 5.80. The number of carbonyl (C=O) groups excluding carboxylic acids is 1. The van der Waals surface area contributed by atoms with Crippen molar-refractivity contribution in [2.45, 2.75) is 70.0 Å². The molecule has 0 aromatic rings. The van der Waals surface area contributed by atoms with Crippen LogP contribution in [0.5, 0.6) is 0 Å². The van der Waals surface area contributed by atoms with Crippen LogP contribution in [-0.2, 0) is 9.53 Å². The van der Waals surface area contributed by atoms with Crippen molar-refractivity contribution >= 4 is 5.78 Å². The molecule has 3 fully saturated rings. The Morgan fingerprint density at radius 1 is 1.11 bits per heavy atom. The highest BCUT2D eigenvalue weighted by Crippen LogP contribution is 2.37. The smallest absolute Gasteiger partial charge is 0.136 e. The first-order valence-electron chi connectivity index (χ1n) is 7.62. The molecule has 3 aliphatic rings. The number of hydrogen-bond acceptors (Lipinski definition) is 3. The van der Waals surface area contributed by atoms with Crippen LogP contribution in [0, 0.1) is 5.92 Å². The fourth-order valence-corrected chi connectivity index (χ4v) is 4.32. The minimum atomic E-state index is 0.500. The Hall–Kier alpha value is -0.410. The summed E-state index contributed by atoms with van der Waals surface area (Å²) in [5, 5.41) is 0. The lowest BCUT2D eigenvalue weighted by atomic mass is 9.80. The molecule has 3 nitrogen and oxygen atoms in total. The molecule has 0 spiro atoms. The monoisotopic (exact) mass is 251 g/mol. The van der Waals surface area contributed by atoms with Crippen LogP contribution < -0.4 is 0 Å². The lowest BCUT2D eigenvalue weighted by Gasteiger charge is -2.51. The normalized spacial score (nSPS) is 36.6. The molecule has 18 heavy (non-hydrogen) atoms. The minimum Gasteiger partial charge on any atom is -0.381 e. The molecule has 0 aliphatic carbocycles. The molecule has 3 heteroatoms. The SMILES string of the molecule is CC(C1CCOCC1)N1C2CCCC1CC(=O)C2. The van der Waals surface area contributed by atoms with Crippen molar-refractivity contribution in [3.8, 4) is 0 Å². The molecule has 0 N–H and O–H groups in total. The summed E-state index contributed by atoms with van der Waals surface area (Å²) in [7, 11) is 0. The van der Waals surface area contributed by atoms with Crippen LogP contribution in [0.1, 0.15) is 51.9 Å². The van der Waals surface area contributed by atoms with Crippen LogP contribution in [0.2, 0.25) is 0 Å². The van der Waals surface area contributed by atoms with Crippen LogP contribution >= 0.6 is 0 Å². The molecule has 3 rings (SSSR count). The number of ether oxygens (including phenoxy) is 1. The topological polar surface area (TPSA) is 29.5 Å². The van der Waals surface area contributed by atoms with E-state index in [2.05, 4.69) is 11.8 Å². The number of rotatable bonds is 2. The summed E-state index contributed by atoms with van der Waals surface area (Å²) in [5.74, 6) is 1.27. The van der Waals surface area contributed by atoms with Crippen molar-refractivity contribution in [3.63, 3.8) is 0 Å². The maximum absolute atomic E-state index is 11.8. The van der Waals surface area contributed by atoms with Crippen molar-refractivity contribution < 1.29 is 9.53 Å². The molecular weight excluding hydrogens is 226 g/mol. The highest BCUT2D eigenvalue weighted by atomic mass is 16.5. The fourth-order valence-electron chi connectivity index (χ4n) is 4.32. The zero-order valence-electron chi connectivity index (χ0n) is 11.4. The molecule has 2 bridgehead atoms. The van der Waals surface area contributed by atoms with Gasteiger partial charge in [-0.2, -0.15) is 0 Å². The van der Waals surface area contributed by atoms with Crippen LogP contribution in [0.3, 0.4) is 0 Å². The van der Waals surface area contributed by atoms with Crippen molar-refractivity contribution in [2.24, 2.45) is 5.92 Å². The van der Waals surface area contributed by atoms with E-state index >= 15 is 0 Å². The van der Waals surface area contributed by atoms with Crippen molar-refractivity contribution in [1.82, 2.24) is 4.90 Å². The first kappa shape index (κ1) is 12.6. The van der Waals surface area contributed by atoms with E-state index < -0.39 is 0 Å². The van der Waals surface area contributed by atoms with E-state index in [1.165, 1.54) is 32.1 Å². The van der Waals surface area contributed by atoms with E-state index in [0.717, 1.165) is 32.0 Å².